The maximum absolute atomic E-state index is 12.8. The molecule has 2 N–H and O–H groups in total. The number of hydrogen-bond acceptors (Lipinski definition) is 3. The van der Waals surface area contributed by atoms with Crippen LogP contribution >= 0.6 is 0 Å². The molecule has 132 valence electrons. The van der Waals surface area contributed by atoms with E-state index >= 15 is 0 Å². The third-order valence-electron chi connectivity index (χ3n) is 4.47. The van der Waals surface area contributed by atoms with E-state index in [1.165, 1.54) is 0 Å². The van der Waals surface area contributed by atoms with Crippen LogP contribution in [0.3, 0.4) is 0 Å². The van der Waals surface area contributed by atoms with Crippen LogP contribution in [0.25, 0.3) is 16.7 Å². The third kappa shape index (κ3) is 2.94. The minimum absolute atomic E-state index is 0.101. The van der Waals surface area contributed by atoms with Crippen LogP contribution in [0.5, 0.6) is 0 Å². The number of pyridine rings is 1. The van der Waals surface area contributed by atoms with Gasteiger partial charge in [-0.3, -0.25) is 9.20 Å². The molecule has 4 rings (SSSR count). The summed E-state index contributed by atoms with van der Waals surface area (Å²) < 4.78 is 1.88. The normalized spacial score (nSPS) is 11.3. The lowest BCUT2D eigenvalue weighted by Crippen LogP contribution is -2.28. The van der Waals surface area contributed by atoms with Gasteiger partial charge in [-0.25, -0.2) is 9.97 Å². The number of rotatable bonds is 5. The van der Waals surface area contributed by atoms with E-state index in [4.69, 9.17) is 0 Å². The maximum atomic E-state index is 12.8. The molecule has 0 fully saturated rings. The Bertz CT molecular complexity index is 1060. The molecule has 0 bridgehead atoms. The van der Waals surface area contributed by atoms with Gasteiger partial charge in [0, 0.05) is 19.2 Å². The lowest BCUT2D eigenvalue weighted by atomic mass is 10.2. The lowest BCUT2D eigenvalue weighted by Gasteiger charge is -2.06. The van der Waals surface area contributed by atoms with Crippen molar-refractivity contribution in [1.82, 2.24) is 24.7 Å². The predicted octanol–water partition coefficient (Wildman–Crippen LogP) is 3.05. The first-order valence-electron chi connectivity index (χ1n) is 8.85. The van der Waals surface area contributed by atoms with Crippen molar-refractivity contribution >= 4 is 22.6 Å². The molecule has 0 spiro atoms. The highest BCUT2D eigenvalue weighted by Crippen LogP contribution is 2.15. The number of H-pyrrole nitrogens is 1. The summed E-state index contributed by atoms with van der Waals surface area (Å²) in [5, 5.41) is 3.00. The molecule has 1 amide bonds. The van der Waals surface area contributed by atoms with Crippen LogP contribution in [0.4, 0.5) is 0 Å². The van der Waals surface area contributed by atoms with E-state index in [2.05, 4.69) is 20.3 Å². The predicted molar refractivity (Wildman–Crippen MR) is 101 cm³/mol. The van der Waals surface area contributed by atoms with Crippen LogP contribution in [0, 0.1) is 6.92 Å². The van der Waals surface area contributed by atoms with E-state index in [1.807, 2.05) is 60.8 Å². The molecule has 0 saturated heterocycles. The van der Waals surface area contributed by atoms with Gasteiger partial charge < -0.3 is 10.3 Å². The molecule has 0 aliphatic carbocycles. The number of aryl methyl sites for hydroxylation is 2. The summed E-state index contributed by atoms with van der Waals surface area (Å²) in [7, 11) is 0. The first kappa shape index (κ1) is 16.3. The van der Waals surface area contributed by atoms with Gasteiger partial charge in [-0.15, -0.1) is 0 Å². The number of para-hydroxylation sites is 2. The quantitative estimate of drug-likeness (QED) is 0.583. The van der Waals surface area contributed by atoms with Crippen molar-refractivity contribution in [3.8, 4) is 0 Å². The van der Waals surface area contributed by atoms with Crippen molar-refractivity contribution in [3.63, 3.8) is 0 Å². The van der Waals surface area contributed by atoms with E-state index < -0.39 is 0 Å². The van der Waals surface area contributed by atoms with Gasteiger partial charge in [0.15, 0.2) is 0 Å². The molecule has 0 aliphatic rings. The van der Waals surface area contributed by atoms with E-state index in [0.717, 1.165) is 33.8 Å². The summed E-state index contributed by atoms with van der Waals surface area (Å²) in [5.41, 5.74) is 5.29. The van der Waals surface area contributed by atoms with Crippen molar-refractivity contribution < 1.29 is 4.79 Å². The Kier molecular flexibility index (Phi) is 4.16. The Morgan fingerprint density at radius 2 is 2.04 bits per heavy atom. The highest BCUT2D eigenvalue weighted by molar-refractivity contribution is 5.94. The van der Waals surface area contributed by atoms with E-state index in [9.17, 15) is 4.79 Å². The van der Waals surface area contributed by atoms with Crippen LogP contribution in [0.1, 0.15) is 34.5 Å². The van der Waals surface area contributed by atoms with Crippen LogP contribution in [0.2, 0.25) is 0 Å². The van der Waals surface area contributed by atoms with Crippen LogP contribution in [0.15, 0.2) is 42.6 Å². The summed E-state index contributed by atoms with van der Waals surface area (Å²) in [6.07, 6.45) is 3.32. The van der Waals surface area contributed by atoms with E-state index in [1.54, 1.807) is 0 Å². The van der Waals surface area contributed by atoms with Gasteiger partial charge in [0.2, 0.25) is 0 Å². The van der Waals surface area contributed by atoms with Gasteiger partial charge >= 0.3 is 0 Å². The van der Waals surface area contributed by atoms with Gasteiger partial charge in [-0.1, -0.05) is 25.1 Å². The number of imidazole rings is 2. The maximum Gasteiger partial charge on any atom is 0.270 e. The van der Waals surface area contributed by atoms with E-state index in [0.29, 0.717) is 25.1 Å². The summed E-state index contributed by atoms with van der Waals surface area (Å²) in [6.45, 7) is 4.54. The van der Waals surface area contributed by atoms with Gasteiger partial charge in [0.25, 0.3) is 5.91 Å². The number of aromatic amines is 1. The summed E-state index contributed by atoms with van der Waals surface area (Å²) >= 11 is 0. The molecule has 0 radical (unpaired) electrons. The van der Waals surface area contributed by atoms with Crippen molar-refractivity contribution in [1.29, 1.82) is 0 Å². The monoisotopic (exact) mass is 347 g/mol. The Labute approximate surface area is 151 Å². The number of nitrogens with one attached hydrogen (secondary N) is 2. The number of hydrogen-bond donors (Lipinski definition) is 2. The largest absolute Gasteiger partial charge is 0.350 e. The topological polar surface area (TPSA) is 75.1 Å². The summed E-state index contributed by atoms with van der Waals surface area (Å²) in [5.74, 6) is 0.771. The standard InChI is InChI=1S/C20H21N5O/c1-3-14-19(25-12-13(2)8-9-18(25)24-14)20(26)21-11-10-17-22-15-6-4-5-7-16(15)23-17/h4-9,12H,3,10-11H2,1-2H3,(H,21,26)(H,22,23). The minimum atomic E-state index is -0.101. The lowest BCUT2D eigenvalue weighted by molar-refractivity contribution is 0.0947. The fraction of sp³-hybridized carbons (Fsp3) is 0.250. The zero-order valence-corrected chi connectivity index (χ0v) is 14.9. The smallest absolute Gasteiger partial charge is 0.270 e. The van der Waals surface area contributed by atoms with Crippen LogP contribution in [-0.2, 0) is 12.8 Å². The van der Waals surface area contributed by atoms with Gasteiger partial charge in [0.05, 0.1) is 16.7 Å². The molecule has 4 aromatic rings. The molecule has 0 saturated carbocycles. The molecule has 1 aromatic carbocycles. The molecular formula is C20H21N5O. The highest BCUT2D eigenvalue weighted by atomic mass is 16.1. The van der Waals surface area contributed by atoms with Crippen molar-refractivity contribution in [2.75, 3.05) is 6.54 Å². The average Bonchev–Trinajstić information content (AvgIpc) is 3.21. The van der Waals surface area contributed by atoms with Crippen molar-refractivity contribution in [2.45, 2.75) is 26.7 Å². The Balaban J connectivity index is 1.51. The molecule has 26 heavy (non-hydrogen) atoms. The van der Waals surface area contributed by atoms with Crippen molar-refractivity contribution in [2.24, 2.45) is 0 Å². The van der Waals surface area contributed by atoms with E-state index in [-0.39, 0.29) is 5.91 Å². The number of aromatic nitrogens is 4. The minimum Gasteiger partial charge on any atom is -0.350 e. The zero-order chi connectivity index (χ0) is 18.1. The average molecular weight is 347 g/mol. The first-order chi connectivity index (χ1) is 12.7. The molecular weight excluding hydrogens is 326 g/mol. The zero-order valence-electron chi connectivity index (χ0n) is 14.9. The first-order valence-corrected chi connectivity index (χ1v) is 8.85. The number of nitrogens with zero attached hydrogens (tertiary/aromatic N) is 3. The molecule has 0 unspecified atom stereocenters. The fourth-order valence-corrected chi connectivity index (χ4v) is 3.19. The fourth-order valence-electron chi connectivity index (χ4n) is 3.19. The second-order valence-electron chi connectivity index (χ2n) is 6.40. The number of fused-ring (bicyclic) bond motifs is 2. The van der Waals surface area contributed by atoms with Gasteiger partial charge in [0.1, 0.15) is 17.2 Å². The van der Waals surface area contributed by atoms with Gasteiger partial charge in [-0.05, 0) is 37.1 Å². The summed E-state index contributed by atoms with van der Waals surface area (Å²) in [4.78, 5) is 25.2. The highest BCUT2D eigenvalue weighted by Gasteiger charge is 2.18. The number of carbonyl (C=O) groups excluding carboxylic acids is 1. The molecule has 0 aliphatic heterocycles. The second kappa shape index (κ2) is 6.63. The number of amides is 1. The Morgan fingerprint density at radius 1 is 1.19 bits per heavy atom. The molecule has 0 atom stereocenters. The summed E-state index contributed by atoms with van der Waals surface area (Å²) in [6, 6.07) is 11.9. The third-order valence-corrected chi connectivity index (χ3v) is 4.47. The second-order valence-corrected chi connectivity index (χ2v) is 6.40. The molecule has 6 nitrogen and oxygen atoms in total. The molecule has 3 aromatic heterocycles. The van der Waals surface area contributed by atoms with Crippen molar-refractivity contribution in [3.05, 3.63) is 65.4 Å². The van der Waals surface area contributed by atoms with Gasteiger partial charge in [-0.2, -0.15) is 0 Å². The molecule has 6 heteroatoms. The number of benzene rings is 1. The van der Waals surface area contributed by atoms with Crippen LogP contribution < -0.4 is 5.32 Å². The Morgan fingerprint density at radius 3 is 2.85 bits per heavy atom. The van der Waals surface area contributed by atoms with Crippen LogP contribution in [-0.4, -0.2) is 31.8 Å². The SMILES string of the molecule is CCc1nc2ccc(C)cn2c1C(=O)NCCc1nc2ccccc2[nH]1. The molecule has 3 heterocycles. The Hall–Kier alpha value is -3.15. The number of carbonyl (C=O) groups is 1.